The highest BCUT2D eigenvalue weighted by atomic mass is 16.3. The van der Waals surface area contributed by atoms with Crippen LogP contribution in [-0.2, 0) is 0 Å². The fourth-order valence-electron chi connectivity index (χ4n) is 5.49. The van der Waals surface area contributed by atoms with E-state index < -0.39 is 0 Å². The van der Waals surface area contributed by atoms with Gasteiger partial charge in [-0.1, -0.05) is 51.0 Å². The van der Waals surface area contributed by atoms with E-state index in [-0.39, 0.29) is 11.5 Å². The molecule has 2 fully saturated rings. The third-order valence-corrected chi connectivity index (χ3v) is 6.98. The molecule has 21 heavy (non-hydrogen) atoms. The molecule has 0 aromatic heterocycles. The Labute approximate surface area is 130 Å². The molecule has 0 radical (unpaired) electrons. The van der Waals surface area contributed by atoms with Gasteiger partial charge in [0.1, 0.15) is 0 Å². The molecule has 0 aromatic carbocycles. The first-order valence-electron chi connectivity index (χ1n) is 8.92. The molecule has 0 heterocycles. The standard InChI is InChI=1S/C20H32O/c1-12(2)16-10-19(21)20(5)11-17-14(4)6-8-15(17)13(3)7-9-18(16)20/h12,14-15,17,19,21H,3,6-11H2,1-2,4-5H3/t14-,15+,17-,19-,20+/m1/s1. The Bertz CT molecular complexity index is 472. The minimum Gasteiger partial charge on any atom is -0.392 e. The topological polar surface area (TPSA) is 20.2 Å². The van der Waals surface area contributed by atoms with Gasteiger partial charge in [0.25, 0.3) is 0 Å². The molecule has 0 unspecified atom stereocenters. The van der Waals surface area contributed by atoms with E-state index in [1.807, 2.05) is 0 Å². The second-order valence-electron chi connectivity index (χ2n) is 8.48. The van der Waals surface area contributed by atoms with Gasteiger partial charge in [0.2, 0.25) is 0 Å². The number of hydrogen-bond acceptors (Lipinski definition) is 1. The van der Waals surface area contributed by atoms with Gasteiger partial charge in [-0.3, -0.25) is 0 Å². The van der Waals surface area contributed by atoms with Crippen molar-refractivity contribution in [3.8, 4) is 0 Å². The van der Waals surface area contributed by atoms with E-state index in [0.717, 1.165) is 31.1 Å². The summed E-state index contributed by atoms with van der Waals surface area (Å²) in [6, 6.07) is 0. The van der Waals surface area contributed by atoms with Crippen molar-refractivity contribution in [2.24, 2.45) is 29.1 Å². The first-order chi connectivity index (χ1) is 9.84. The molecule has 3 aliphatic carbocycles. The van der Waals surface area contributed by atoms with Crippen molar-refractivity contribution in [3.05, 3.63) is 23.3 Å². The van der Waals surface area contributed by atoms with Crippen LogP contribution >= 0.6 is 0 Å². The molecular formula is C20H32O. The predicted octanol–water partition coefficient (Wildman–Crippen LogP) is 5.11. The van der Waals surface area contributed by atoms with Crippen molar-refractivity contribution < 1.29 is 5.11 Å². The number of aliphatic hydroxyl groups is 1. The van der Waals surface area contributed by atoms with Crippen LogP contribution in [0.1, 0.15) is 66.2 Å². The molecule has 0 spiro atoms. The fourth-order valence-corrected chi connectivity index (χ4v) is 5.49. The molecule has 118 valence electrons. The van der Waals surface area contributed by atoms with Gasteiger partial charge in [0.15, 0.2) is 0 Å². The maximum Gasteiger partial charge on any atom is 0.0668 e. The number of rotatable bonds is 1. The predicted molar refractivity (Wildman–Crippen MR) is 89.0 cm³/mol. The lowest BCUT2D eigenvalue weighted by Gasteiger charge is -2.40. The van der Waals surface area contributed by atoms with Crippen LogP contribution in [0.5, 0.6) is 0 Å². The van der Waals surface area contributed by atoms with Gasteiger partial charge >= 0.3 is 0 Å². The first kappa shape index (κ1) is 15.3. The van der Waals surface area contributed by atoms with Crippen LogP contribution in [0.4, 0.5) is 0 Å². The summed E-state index contributed by atoms with van der Waals surface area (Å²) in [6.45, 7) is 13.8. The second-order valence-corrected chi connectivity index (χ2v) is 8.48. The fraction of sp³-hybridized carbons (Fsp3) is 0.800. The summed E-state index contributed by atoms with van der Waals surface area (Å²) in [5, 5.41) is 10.8. The van der Waals surface area contributed by atoms with Crippen molar-refractivity contribution in [2.75, 3.05) is 0 Å². The molecule has 1 heteroatoms. The van der Waals surface area contributed by atoms with Crippen molar-refractivity contribution in [2.45, 2.75) is 72.3 Å². The largest absolute Gasteiger partial charge is 0.392 e. The van der Waals surface area contributed by atoms with E-state index in [9.17, 15) is 5.11 Å². The van der Waals surface area contributed by atoms with E-state index in [2.05, 4.69) is 34.3 Å². The summed E-state index contributed by atoms with van der Waals surface area (Å²) in [7, 11) is 0. The quantitative estimate of drug-likeness (QED) is 0.665. The van der Waals surface area contributed by atoms with Crippen LogP contribution in [0.3, 0.4) is 0 Å². The molecule has 0 amide bonds. The Morgan fingerprint density at radius 1 is 1.24 bits per heavy atom. The maximum absolute atomic E-state index is 10.8. The van der Waals surface area contributed by atoms with Crippen LogP contribution in [0, 0.1) is 29.1 Å². The van der Waals surface area contributed by atoms with Crippen molar-refractivity contribution in [1.82, 2.24) is 0 Å². The van der Waals surface area contributed by atoms with Gasteiger partial charge in [0, 0.05) is 5.41 Å². The number of allylic oxidation sites excluding steroid dienone is 1. The Morgan fingerprint density at radius 2 is 1.95 bits per heavy atom. The number of hydrogen-bond donors (Lipinski definition) is 1. The van der Waals surface area contributed by atoms with Crippen molar-refractivity contribution >= 4 is 0 Å². The van der Waals surface area contributed by atoms with Crippen LogP contribution in [0.2, 0.25) is 0 Å². The molecule has 0 saturated heterocycles. The number of aliphatic hydroxyl groups excluding tert-OH is 1. The summed E-state index contributed by atoms with van der Waals surface area (Å²) in [5.74, 6) is 2.81. The van der Waals surface area contributed by atoms with Gasteiger partial charge in [-0.25, -0.2) is 0 Å². The molecule has 2 saturated carbocycles. The molecular weight excluding hydrogens is 256 g/mol. The van der Waals surface area contributed by atoms with Crippen molar-refractivity contribution in [3.63, 3.8) is 0 Å². The Kier molecular flexibility index (Phi) is 3.84. The monoisotopic (exact) mass is 288 g/mol. The van der Waals surface area contributed by atoms with Gasteiger partial charge in [-0.15, -0.1) is 0 Å². The van der Waals surface area contributed by atoms with E-state index in [4.69, 9.17) is 0 Å². The molecule has 0 bridgehead atoms. The highest BCUT2D eigenvalue weighted by Crippen LogP contribution is 2.57. The van der Waals surface area contributed by atoms with E-state index >= 15 is 0 Å². The molecule has 5 atom stereocenters. The second kappa shape index (κ2) is 5.26. The molecule has 0 aliphatic heterocycles. The van der Waals surface area contributed by atoms with Gasteiger partial charge in [-0.05, 0) is 62.2 Å². The molecule has 1 nitrogen and oxygen atoms in total. The zero-order valence-electron chi connectivity index (χ0n) is 14.3. The molecule has 1 N–H and O–H groups in total. The normalized spacial score (nSPS) is 43.8. The van der Waals surface area contributed by atoms with Gasteiger partial charge in [0.05, 0.1) is 6.10 Å². The van der Waals surface area contributed by atoms with Gasteiger partial charge in [-0.2, -0.15) is 0 Å². The summed E-state index contributed by atoms with van der Waals surface area (Å²) >= 11 is 0. The van der Waals surface area contributed by atoms with Crippen molar-refractivity contribution in [1.29, 1.82) is 0 Å². The third kappa shape index (κ3) is 2.32. The summed E-state index contributed by atoms with van der Waals surface area (Å²) in [4.78, 5) is 0. The Balaban J connectivity index is 2.00. The molecule has 3 aliphatic rings. The minimum absolute atomic E-state index is 0.0296. The molecule has 3 rings (SSSR count). The highest BCUT2D eigenvalue weighted by molar-refractivity contribution is 5.34. The smallest absolute Gasteiger partial charge is 0.0668 e. The van der Waals surface area contributed by atoms with E-state index in [1.165, 1.54) is 24.8 Å². The SMILES string of the molecule is C=C1CCC2=C(C(C)C)C[C@@H](O)[C@@]2(C)C[C@@H]2[C@H](C)CC[C@@H]12. The van der Waals surface area contributed by atoms with Crippen LogP contribution in [-0.4, -0.2) is 11.2 Å². The summed E-state index contributed by atoms with van der Waals surface area (Å²) < 4.78 is 0. The number of fused-ring (bicyclic) bond motifs is 2. The Hall–Kier alpha value is -0.560. The average Bonchev–Trinajstić information content (AvgIpc) is 2.87. The lowest BCUT2D eigenvalue weighted by Crippen LogP contribution is -2.36. The van der Waals surface area contributed by atoms with Crippen LogP contribution in [0.15, 0.2) is 23.3 Å². The van der Waals surface area contributed by atoms with Gasteiger partial charge < -0.3 is 5.11 Å². The van der Waals surface area contributed by atoms with Crippen LogP contribution < -0.4 is 0 Å². The third-order valence-electron chi connectivity index (χ3n) is 6.98. The van der Waals surface area contributed by atoms with Crippen LogP contribution in [0.25, 0.3) is 0 Å². The minimum atomic E-state index is -0.162. The first-order valence-corrected chi connectivity index (χ1v) is 8.92. The zero-order valence-corrected chi connectivity index (χ0v) is 14.3. The zero-order chi connectivity index (χ0) is 15.4. The van der Waals surface area contributed by atoms with E-state index in [1.54, 1.807) is 11.1 Å². The summed E-state index contributed by atoms with van der Waals surface area (Å²) in [5.41, 5.74) is 4.65. The summed E-state index contributed by atoms with van der Waals surface area (Å²) in [6.07, 6.45) is 6.86. The lowest BCUT2D eigenvalue weighted by atomic mass is 9.65. The van der Waals surface area contributed by atoms with E-state index in [0.29, 0.717) is 11.8 Å². The maximum atomic E-state index is 10.8. The average molecular weight is 288 g/mol. The highest BCUT2D eigenvalue weighted by Gasteiger charge is 2.49. The molecule has 0 aromatic rings. The lowest BCUT2D eigenvalue weighted by molar-refractivity contribution is 0.0465. The Morgan fingerprint density at radius 3 is 2.62 bits per heavy atom.